The van der Waals surface area contributed by atoms with Crippen LogP contribution in [0.3, 0.4) is 0 Å². The number of hydrogen-bond donors (Lipinski definition) is 1. The van der Waals surface area contributed by atoms with Crippen molar-refractivity contribution in [2.24, 2.45) is 5.10 Å². The summed E-state index contributed by atoms with van der Waals surface area (Å²) >= 11 is 16.9. The smallest absolute Gasteiger partial charge is 0.250 e. The molecular formula is C22H15BrCl2N6OS. The minimum Gasteiger partial charge on any atom is -0.272 e. The van der Waals surface area contributed by atoms with Crippen LogP contribution in [0.25, 0.3) is 17.1 Å². The van der Waals surface area contributed by atoms with Crippen LogP contribution in [0.5, 0.6) is 0 Å². The van der Waals surface area contributed by atoms with Crippen molar-refractivity contribution in [2.45, 2.75) is 5.16 Å². The van der Waals surface area contributed by atoms with Crippen LogP contribution in [0.15, 0.2) is 81.7 Å². The van der Waals surface area contributed by atoms with Gasteiger partial charge in [0.25, 0.3) is 5.91 Å². The largest absolute Gasteiger partial charge is 0.272 e. The maximum Gasteiger partial charge on any atom is 0.250 e. The number of halogens is 3. The van der Waals surface area contributed by atoms with Crippen LogP contribution < -0.4 is 5.43 Å². The predicted molar refractivity (Wildman–Crippen MR) is 135 cm³/mol. The minimum atomic E-state index is -0.310. The van der Waals surface area contributed by atoms with E-state index in [0.717, 1.165) is 15.7 Å². The molecular weight excluding hydrogens is 547 g/mol. The quantitative estimate of drug-likeness (QED) is 0.179. The summed E-state index contributed by atoms with van der Waals surface area (Å²) in [5.74, 6) is 0.419. The third kappa shape index (κ3) is 5.80. The molecule has 0 aliphatic rings. The summed E-state index contributed by atoms with van der Waals surface area (Å²) in [5, 5.41) is 14.1. The van der Waals surface area contributed by atoms with Gasteiger partial charge in [0, 0.05) is 33.7 Å². The van der Waals surface area contributed by atoms with Gasteiger partial charge in [-0.25, -0.2) is 5.43 Å². The van der Waals surface area contributed by atoms with Gasteiger partial charge in [0.15, 0.2) is 11.0 Å². The minimum absolute atomic E-state index is 0.0819. The number of hydrogen-bond acceptors (Lipinski definition) is 6. The van der Waals surface area contributed by atoms with Gasteiger partial charge in [-0.1, -0.05) is 57.0 Å². The van der Waals surface area contributed by atoms with Gasteiger partial charge in [-0.2, -0.15) is 5.10 Å². The van der Waals surface area contributed by atoms with Gasteiger partial charge in [-0.15, -0.1) is 10.2 Å². The zero-order valence-corrected chi connectivity index (χ0v) is 20.7. The number of benzene rings is 2. The van der Waals surface area contributed by atoms with Gasteiger partial charge >= 0.3 is 0 Å². The third-order valence-electron chi connectivity index (χ3n) is 4.37. The summed E-state index contributed by atoms with van der Waals surface area (Å²) in [4.78, 5) is 16.4. The van der Waals surface area contributed by atoms with Crippen LogP contribution in [-0.4, -0.2) is 37.6 Å². The number of aromatic nitrogens is 4. The Hall–Kier alpha value is -2.72. The predicted octanol–water partition coefficient (Wildman–Crippen LogP) is 5.64. The zero-order valence-electron chi connectivity index (χ0n) is 16.8. The topological polar surface area (TPSA) is 85.1 Å². The Balaban J connectivity index is 1.51. The van der Waals surface area contributed by atoms with Crippen LogP contribution in [0, 0.1) is 0 Å². The van der Waals surface area contributed by atoms with E-state index < -0.39 is 0 Å². The molecule has 0 atom stereocenters. The lowest BCUT2D eigenvalue weighted by Gasteiger charge is -2.10. The number of nitrogens with zero attached hydrogens (tertiary/aromatic N) is 5. The van der Waals surface area contributed by atoms with Crippen LogP contribution in [-0.2, 0) is 4.79 Å². The molecule has 1 amide bonds. The Labute approximate surface area is 212 Å². The molecule has 0 saturated carbocycles. The molecule has 2 aromatic carbocycles. The number of thioether (sulfide) groups is 1. The number of nitrogens with one attached hydrogen (secondary N) is 1. The lowest BCUT2D eigenvalue weighted by Crippen LogP contribution is -2.20. The van der Waals surface area contributed by atoms with E-state index in [9.17, 15) is 4.79 Å². The third-order valence-corrected chi connectivity index (χ3v) is 6.49. The normalized spacial score (nSPS) is 11.1. The summed E-state index contributed by atoms with van der Waals surface area (Å²) < 4.78 is 2.85. The molecule has 1 N–H and O–H groups in total. The first-order chi connectivity index (χ1) is 16.0. The lowest BCUT2D eigenvalue weighted by atomic mass is 10.2. The number of carbonyl (C=O) groups is 1. The van der Waals surface area contributed by atoms with Crippen molar-refractivity contribution in [1.82, 2.24) is 25.2 Å². The summed E-state index contributed by atoms with van der Waals surface area (Å²) in [6.45, 7) is 0. The highest BCUT2D eigenvalue weighted by molar-refractivity contribution is 9.10. The molecule has 7 nitrogen and oxygen atoms in total. The Morgan fingerprint density at radius 2 is 1.76 bits per heavy atom. The molecule has 0 saturated heterocycles. The number of carbonyl (C=O) groups excluding carboxylic acids is 1. The highest BCUT2D eigenvalue weighted by atomic mass is 79.9. The molecule has 2 heterocycles. The van der Waals surface area contributed by atoms with Crippen molar-refractivity contribution in [1.29, 1.82) is 0 Å². The maximum atomic E-state index is 12.4. The number of amides is 1. The molecule has 4 aromatic rings. The zero-order chi connectivity index (χ0) is 23.2. The summed E-state index contributed by atoms with van der Waals surface area (Å²) in [7, 11) is 0. The molecule has 2 aromatic heterocycles. The highest BCUT2D eigenvalue weighted by Gasteiger charge is 2.17. The van der Waals surface area contributed by atoms with E-state index in [-0.39, 0.29) is 11.7 Å². The van der Waals surface area contributed by atoms with Crippen molar-refractivity contribution in [2.75, 3.05) is 5.75 Å². The Morgan fingerprint density at radius 3 is 2.45 bits per heavy atom. The first-order valence-electron chi connectivity index (χ1n) is 9.53. The summed E-state index contributed by atoms with van der Waals surface area (Å²) in [5.41, 5.74) is 4.74. The molecule has 0 aliphatic heterocycles. The van der Waals surface area contributed by atoms with E-state index in [1.165, 1.54) is 18.0 Å². The van der Waals surface area contributed by atoms with E-state index in [1.807, 2.05) is 41.0 Å². The van der Waals surface area contributed by atoms with Crippen LogP contribution >= 0.6 is 50.9 Å². The van der Waals surface area contributed by atoms with Crippen molar-refractivity contribution in [3.63, 3.8) is 0 Å². The molecule has 33 heavy (non-hydrogen) atoms. The Bertz CT molecular complexity index is 1280. The summed E-state index contributed by atoms with van der Waals surface area (Å²) in [6, 6.07) is 16.6. The second-order valence-electron chi connectivity index (χ2n) is 6.57. The lowest BCUT2D eigenvalue weighted by molar-refractivity contribution is -0.118. The fraction of sp³-hybridized carbons (Fsp3) is 0.0455. The van der Waals surface area contributed by atoms with Crippen molar-refractivity contribution in [3.8, 4) is 17.1 Å². The average molecular weight is 562 g/mol. The van der Waals surface area contributed by atoms with Crippen LogP contribution in [0.1, 0.15) is 5.56 Å². The number of hydrazone groups is 1. The van der Waals surface area contributed by atoms with Gasteiger partial charge in [-0.3, -0.25) is 14.3 Å². The molecule has 0 unspecified atom stereocenters. The molecule has 0 bridgehead atoms. The van der Waals surface area contributed by atoms with Crippen LogP contribution in [0.2, 0.25) is 10.0 Å². The van der Waals surface area contributed by atoms with Crippen molar-refractivity contribution in [3.05, 3.63) is 87.1 Å². The molecule has 0 aliphatic carbocycles. The first-order valence-corrected chi connectivity index (χ1v) is 12.1. The van der Waals surface area contributed by atoms with Gasteiger partial charge < -0.3 is 0 Å². The van der Waals surface area contributed by atoms with Gasteiger partial charge in [-0.05, 0) is 48.5 Å². The molecule has 11 heteroatoms. The van der Waals surface area contributed by atoms with E-state index in [2.05, 4.69) is 41.6 Å². The molecule has 166 valence electrons. The highest BCUT2D eigenvalue weighted by Crippen LogP contribution is 2.28. The molecule has 0 radical (unpaired) electrons. The number of pyridine rings is 1. The van der Waals surface area contributed by atoms with E-state index >= 15 is 0 Å². The van der Waals surface area contributed by atoms with E-state index in [1.54, 1.807) is 30.6 Å². The Morgan fingerprint density at radius 1 is 1.06 bits per heavy atom. The first kappa shape index (κ1) is 23.4. The summed E-state index contributed by atoms with van der Waals surface area (Å²) in [6.07, 6.45) is 4.80. The second kappa shape index (κ2) is 10.9. The van der Waals surface area contributed by atoms with Gasteiger partial charge in [0.05, 0.1) is 22.0 Å². The fourth-order valence-electron chi connectivity index (χ4n) is 2.84. The van der Waals surface area contributed by atoms with Gasteiger partial charge in [0.1, 0.15) is 0 Å². The molecule has 0 fully saturated rings. The Kier molecular flexibility index (Phi) is 7.77. The monoisotopic (exact) mass is 560 g/mol. The van der Waals surface area contributed by atoms with E-state index in [0.29, 0.717) is 26.6 Å². The van der Waals surface area contributed by atoms with Crippen LogP contribution in [0.4, 0.5) is 0 Å². The van der Waals surface area contributed by atoms with Gasteiger partial charge in [0.2, 0.25) is 0 Å². The average Bonchev–Trinajstić information content (AvgIpc) is 3.25. The molecule has 4 rings (SSSR count). The molecule has 0 spiro atoms. The SMILES string of the molecule is O=C(CSc1nnc(-c2ccncc2)n1-c1ccc(Br)cc1)N/N=C\c1c(Cl)cccc1Cl. The second-order valence-corrected chi connectivity index (χ2v) is 9.24. The fourth-order valence-corrected chi connectivity index (χ4v) is 4.34. The maximum absolute atomic E-state index is 12.4. The van der Waals surface area contributed by atoms with E-state index in [4.69, 9.17) is 23.2 Å². The standard InChI is InChI=1S/C22H15BrCl2N6OS/c23-15-4-6-16(7-5-15)31-21(14-8-10-26-11-9-14)29-30-22(31)33-13-20(32)28-27-12-17-18(24)2-1-3-19(17)25/h1-12H,13H2,(H,28,32)/b27-12-. The number of rotatable bonds is 7. The van der Waals surface area contributed by atoms with Crippen molar-refractivity contribution < 1.29 is 4.79 Å². The van der Waals surface area contributed by atoms with Crippen molar-refractivity contribution >= 4 is 63.0 Å².